The summed E-state index contributed by atoms with van der Waals surface area (Å²) in [7, 11) is 0. The van der Waals surface area contributed by atoms with Gasteiger partial charge in [-0.15, -0.1) is 28.5 Å². The first-order valence-electron chi connectivity index (χ1n) is 8.71. The molecule has 0 heterocycles. The van der Waals surface area contributed by atoms with E-state index in [0.717, 1.165) is 0 Å². The van der Waals surface area contributed by atoms with E-state index in [4.69, 9.17) is 0 Å². The summed E-state index contributed by atoms with van der Waals surface area (Å²) in [6.45, 7) is 2.15. The number of aryl methyl sites for hydroxylation is 1. The predicted octanol–water partition coefficient (Wildman–Crippen LogP) is 6.99. The van der Waals surface area contributed by atoms with Crippen molar-refractivity contribution in [2.24, 2.45) is 0 Å². The van der Waals surface area contributed by atoms with Crippen molar-refractivity contribution in [2.75, 3.05) is 0 Å². The van der Waals surface area contributed by atoms with Gasteiger partial charge in [0, 0.05) is 0 Å². The Morgan fingerprint density at radius 1 is 0.630 bits per heavy atom. The average Bonchev–Trinajstić information content (AvgIpc) is 3.12. The van der Waals surface area contributed by atoms with Crippen LogP contribution in [-0.4, -0.2) is 0 Å². The van der Waals surface area contributed by atoms with Crippen LogP contribution in [0.2, 0.25) is 0 Å². The maximum absolute atomic E-state index is 2.89. The molecule has 0 aliphatic heterocycles. The molecular weight excluding hydrogens is 404 g/mol. The fraction of sp³-hybridized carbons (Fsp3) is 0.0385. The zero-order chi connectivity index (χ0) is 18.0. The van der Waals surface area contributed by atoms with Crippen LogP contribution in [0.15, 0.2) is 109 Å². The minimum atomic E-state index is 0. The summed E-state index contributed by atoms with van der Waals surface area (Å²) < 4.78 is 0. The van der Waals surface area contributed by atoms with Crippen LogP contribution >= 0.6 is 0 Å². The first kappa shape index (κ1) is 20.9. The van der Waals surface area contributed by atoms with Crippen LogP contribution in [0.25, 0.3) is 21.5 Å². The third kappa shape index (κ3) is 6.38. The molecule has 0 saturated heterocycles. The summed E-state index contributed by atoms with van der Waals surface area (Å²) in [5.74, 6) is 0. The van der Waals surface area contributed by atoms with Crippen LogP contribution in [0.1, 0.15) is 5.56 Å². The molecule has 0 aromatic heterocycles. The molecule has 0 unspecified atom stereocenters. The van der Waals surface area contributed by atoms with Gasteiger partial charge >= 0.3 is 26.2 Å². The average molecular weight is 425 g/mol. The quantitative estimate of drug-likeness (QED) is 0.235. The van der Waals surface area contributed by atoms with Gasteiger partial charge in [0.1, 0.15) is 0 Å². The molecule has 0 saturated carbocycles. The Hall–Kier alpha value is -2.37. The van der Waals surface area contributed by atoms with E-state index in [2.05, 4.69) is 67.6 Å². The third-order valence-corrected chi connectivity index (χ3v) is 3.97. The largest absolute Gasteiger partial charge is 3.00 e. The number of rotatable bonds is 0. The normalized spacial score (nSPS) is 9.37. The molecule has 0 spiro atoms. The molecule has 27 heavy (non-hydrogen) atoms. The van der Waals surface area contributed by atoms with Gasteiger partial charge in [0.2, 0.25) is 0 Å². The van der Waals surface area contributed by atoms with E-state index >= 15 is 0 Å². The SMILES string of the molecule is Cc1cc2ccc3ccccc3c2[cH-]1.[Zr+3].[c-]1ccccc1.[c-]1ccccc1. The molecule has 0 atom stereocenters. The zero-order valence-corrected chi connectivity index (χ0v) is 17.9. The Morgan fingerprint density at radius 2 is 1.19 bits per heavy atom. The summed E-state index contributed by atoms with van der Waals surface area (Å²) in [4.78, 5) is 0. The van der Waals surface area contributed by atoms with Crippen LogP contribution in [0.3, 0.4) is 0 Å². The number of benzene rings is 4. The summed E-state index contributed by atoms with van der Waals surface area (Å²) in [6.07, 6.45) is 0. The van der Waals surface area contributed by atoms with Gasteiger partial charge in [-0.25, -0.2) is 0 Å². The molecule has 0 aliphatic rings. The fourth-order valence-electron chi connectivity index (χ4n) is 2.80. The molecule has 5 aromatic carbocycles. The molecular formula is C26H21Zr. The van der Waals surface area contributed by atoms with Crippen molar-refractivity contribution in [3.63, 3.8) is 0 Å². The molecule has 5 rings (SSSR count). The van der Waals surface area contributed by atoms with Crippen molar-refractivity contribution in [1.82, 2.24) is 0 Å². The standard InChI is InChI=1S/C14H11.2C6H5.Zr/c1-10-8-12-7-6-11-4-2-3-5-13(11)14(12)9-10;2*1-2-4-6-5-3-1;/h2-9H,1H3;2*1-5H;/q3*-1;+3. The van der Waals surface area contributed by atoms with Gasteiger partial charge in [-0.1, -0.05) is 48.0 Å². The van der Waals surface area contributed by atoms with E-state index in [1.807, 2.05) is 60.7 Å². The Bertz CT molecular complexity index is 946. The van der Waals surface area contributed by atoms with Gasteiger partial charge in [0.05, 0.1) is 0 Å². The fourth-order valence-corrected chi connectivity index (χ4v) is 2.80. The van der Waals surface area contributed by atoms with Crippen molar-refractivity contribution >= 4 is 21.5 Å². The molecule has 0 fully saturated rings. The van der Waals surface area contributed by atoms with Crippen LogP contribution in [-0.2, 0) is 26.2 Å². The van der Waals surface area contributed by atoms with E-state index in [1.165, 1.54) is 27.1 Å². The van der Waals surface area contributed by atoms with E-state index in [-0.39, 0.29) is 26.2 Å². The Kier molecular flexibility index (Phi) is 8.82. The molecule has 0 nitrogen and oxygen atoms in total. The van der Waals surface area contributed by atoms with Crippen molar-refractivity contribution in [1.29, 1.82) is 0 Å². The van der Waals surface area contributed by atoms with Crippen LogP contribution in [0.5, 0.6) is 0 Å². The topological polar surface area (TPSA) is 0 Å². The van der Waals surface area contributed by atoms with E-state index in [0.29, 0.717) is 0 Å². The first-order valence-corrected chi connectivity index (χ1v) is 8.71. The second kappa shape index (κ2) is 11.4. The molecule has 5 aromatic rings. The molecule has 0 amide bonds. The van der Waals surface area contributed by atoms with Gasteiger partial charge in [0.15, 0.2) is 0 Å². The summed E-state index contributed by atoms with van der Waals surface area (Å²) in [6, 6.07) is 42.4. The molecule has 129 valence electrons. The monoisotopic (exact) mass is 423 g/mol. The van der Waals surface area contributed by atoms with Crippen molar-refractivity contribution in [2.45, 2.75) is 6.92 Å². The smallest absolute Gasteiger partial charge is 0.184 e. The predicted molar refractivity (Wildman–Crippen MR) is 112 cm³/mol. The molecule has 0 bridgehead atoms. The van der Waals surface area contributed by atoms with E-state index < -0.39 is 0 Å². The Labute approximate surface area is 181 Å². The minimum Gasteiger partial charge on any atom is -0.184 e. The van der Waals surface area contributed by atoms with Gasteiger partial charge in [0.25, 0.3) is 0 Å². The Balaban J connectivity index is 0.000000168. The first-order chi connectivity index (χ1) is 12.8. The molecule has 1 radical (unpaired) electrons. The summed E-state index contributed by atoms with van der Waals surface area (Å²) in [5, 5.41) is 5.41. The number of fused-ring (bicyclic) bond motifs is 3. The number of hydrogen-bond donors (Lipinski definition) is 0. The van der Waals surface area contributed by atoms with E-state index in [9.17, 15) is 0 Å². The number of hydrogen-bond acceptors (Lipinski definition) is 0. The molecule has 0 aliphatic carbocycles. The second-order valence-electron chi connectivity index (χ2n) is 5.98. The van der Waals surface area contributed by atoms with Crippen LogP contribution < -0.4 is 0 Å². The third-order valence-electron chi connectivity index (χ3n) is 3.97. The van der Waals surface area contributed by atoms with Crippen LogP contribution in [0.4, 0.5) is 0 Å². The summed E-state index contributed by atoms with van der Waals surface area (Å²) >= 11 is 0. The van der Waals surface area contributed by atoms with Gasteiger partial charge in [-0.2, -0.15) is 78.9 Å². The maximum atomic E-state index is 2.89. The van der Waals surface area contributed by atoms with Crippen molar-refractivity contribution < 1.29 is 26.2 Å². The van der Waals surface area contributed by atoms with Crippen molar-refractivity contribution in [3.05, 3.63) is 127 Å². The Morgan fingerprint density at radius 3 is 1.70 bits per heavy atom. The second-order valence-corrected chi connectivity index (χ2v) is 5.98. The van der Waals surface area contributed by atoms with Crippen molar-refractivity contribution in [3.8, 4) is 0 Å². The molecule has 0 N–H and O–H groups in total. The zero-order valence-electron chi connectivity index (χ0n) is 15.4. The summed E-state index contributed by atoms with van der Waals surface area (Å²) in [5.41, 5.74) is 1.34. The molecule has 1 heteroatoms. The maximum Gasteiger partial charge on any atom is 3.00 e. The van der Waals surface area contributed by atoms with Gasteiger partial charge in [-0.3, -0.25) is 0 Å². The minimum absolute atomic E-state index is 0. The van der Waals surface area contributed by atoms with Gasteiger partial charge < -0.3 is 0 Å². The van der Waals surface area contributed by atoms with E-state index in [1.54, 1.807) is 0 Å². The van der Waals surface area contributed by atoms with Crippen LogP contribution in [0, 0.1) is 19.1 Å². The van der Waals surface area contributed by atoms with Gasteiger partial charge in [-0.05, 0) is 0 Å².